The minimum atomic E-state index is -0.945. The SMILES string of the molecule is CCSCCC(C(=O)O)N(C(=O)OC(C)(C)C)C1CC1. The van der Waals surface area contributed by atoms with Crippen LogP contribution in [-0.4, -0.2) is 51.3 Å². The van der Waals surface area contributed by atoms with Crippen molar-refractivity contribution in [2.45, 2.75) is 64.6 Å². The molecule has 20 heavy (non-hydrogen) atoms. The van der Waals surface area contributed by atoms with Crippen molar-refractivity contribution < 1.29 is 19.4 Å². The number of nitrogens with zero attached hydrogens (tertiary/aromatic N) is 1. The zero-order valence-corrected chi connectivity index (χ0v) is 13.5. The second-order valence-electron chi connectivity index (χ2n) is 5.96. The van der Waals surface area contributed by atoms with Gasteiger partial charge in [-0.15, -0.1) is 0 Å². The average molecular weight is 303 g/mol. The highest BCUT2D eigenvalue weighted by atomic mass is 32.2. The summed E-state index contributed by atoms with van der Waals surface area (Å²) >= 11 is 1.69. The molecular formula is C14H25NO4S. The largest absolute Gasteiger partial charge is 0.480 e. The zero-order valence-electron chi connectivity index (χ0n) is 12.7. The number of carboxylic acid groups (broad SMARTS) is 1. The summed E-state index contributed by atoms with van der Waals surface area (Å²) < 4.78 is 5.36. The Bertz CT molecular complexity index is 350. The predicted octanol–water partition coefficient (Wildman–Crippen LogP) is 2.98. The minimum absolute atomic E-state index is 0.0255. The summed E-state index contributed by atoms with van der Waals surface area (Å²) in [6.07, 6.45) is 1.69. The van der Waals surface area contributed by atoms with Gasteiger partial charge in [-0.05, 0) is 51.5 Å². The number of carboxylic acids is 1. The number of amides is 1. The lowest BCUT2D eigenvalue weighted by molar-refractivity contribution is -0.143. The summed E-state index contributed by atoms with van der Waals surface area (Å²) in [5, 5.41) is 9.41. The first-order valence-electron chi connectivity index (χ1n) is 7.08. The van der Waals surface area contributed by atoms with Crippen LogP contribution in [0.2, 0.25) is 0 Å². The van der Waals surface area contributed by atoms with Crippen molar-refractivity contribution in [2.24, 2.45) is 0 Å². The fraction of sp³-hybridized carbons (Fsp3) is 0.857. The molecule has 5 nitrogen and oxygen atoms in total. The lowest BCUT2D eigenvalue weighted by Gasteiger charge is -2.31. The van der Waals surface area contributed by atoms with Gasteiger partial charge >= 0.3 is 12.1 Å². The van der Waals surface area contributed by atoms with E-state index < -0.39 is 23.7 Å². The number of rotatable bonds is 7. The van der Waals surface area contributed by atoms with Crippen molar-refractivity contribution in [2.75, 3.05) is 11.5 Å². The van der Waals surface area contributed by atoms with Crippen molar-refractivity contribution >= 4 is 23.8 Å². The highest BCUT2D eigenvalue weighted by Crippen LogP contribution is 2.31. The molecule has 1 aliphatic rings. The Labute approximate surface area is 125 Å². The van der Waals surface area contributed by atoms with E-state index in [9.17, 15) is 14.7 Å². The topological polar surface area (TPSA) is 66.8 Å². The summed E-state index contributed by atoms with van der Waals surface area (Å²) in [5.74, 6) is 0.737. The van der Waals surface area contributed by atoms with Gasteiger partial charge in [0.2, 0.25) is 0 Å². The third kappa shape index (κ3) is 5.61. The van der Waals surface area contributed by atoms with E-state index >= 15 is 0 Å². The highest BCUT2D eigenvalue weighted by Gasteiger charge is 2.42. The predicted molar refractivity (Wildman–Crippen MR) is 80.1 cm³/mol. The number of aliphatic carboxylic acids is 1. The van der Waals surface area contributed by atoms with E-state index in [-0.39, 0.29) is 6.04 Å². The molecule has 0 aliphatic heterocycles. The molecule has 0 aromatic carbocycles. The van der Waals surface area contributed by atoms with Crippen molar-refractivity contribution in [3.8, 4) is 0 Å². The Morgan fingerprint density at radius 3 is 2.40 bits per heavy atom. The van der Waals surface area contributed by atoms with Crippen molar-refractivity contribution in [3.05, 3.63) is 0 Å². The van der Waals surface area contributed by atoms with E-state index in [4.69, 9.17) is 4.74 Å². The standard InChI is InChI=1S/C14H25NO4S/c1-5-20-9-8-11(12(16)17)15(10-6-7-10)13(18)19-14(2,3)4/h10-11H,5-9H2,1-4H3,(H,16,17). The summed E-state index contributed by atoms with van der Waals surface area (Å²) in [4.78, 5) is 25.2. The van der Waals surface area contributed by atoms with Gasteiger partial charge in [0, 0.05) is 6.04 Å². The van der Waals surface area contributed by atoms with Crippen LogP contribution < -0.4 is 0 Å². The second kappa shape index (κ2) is 7.20. The molecule has 0 heterocycles. The number of carbonyl (C=O) groups excluding carboxylic acids is 1. The van der Waals surface area contributed by atoms with E-state index in [1.807, 2.05) is 6.92 Å². The third-order valence-corrected chi connectivity index (χ3v) is 3.84. The number of carbonyl (C=O) groups is 2. The van der Waals surface area contributed by atoms with Crippen LogP contribution in [0.4, 0.5) is 4.79 Å². The molecule has 0 spiro atoms. The lowest BCUT2D eigenvalue weighted by Crippen LogP contribution is -2.48. The van der Waals surface area contributed by atoms with Gasteiger partial charge in [0.1, 0.15) is 11.6 Å². The molecule has 1 aliphatic carbocycles. The molecule has 1 fully saturated rings. The van der Waals surface area contributed by atoms with Crippen LogP contribution in [0, 0.1) is 0 Å². The highest BCUT2D eigenvalue weighted by molar-refractivity contribution is 7.99. The maximum atomic E-state index is 12.3. The van der Waals surface area contributed by atoms with Gasteiger partial charge in [-0.25, -0.2) is 9.59 Å². The summed E-state index contributed by atoms with van der Waals surface area (Å²) in [6.45, 7) is 7.41. The first kappa shape index (κ1) is 17.1. The first-order chi connectivity index (χ1) is 9.26. The number of ether oxygens (including phenoxy) is 1. The molecule has 1 saturated carbocycles. The maximum Gasteiger partial charge on any atom is 0.411 e. The van der Waals surface area contributed by atoms with Crippen LogP contribution in [0.5, 0.6) is 0 Å². The van der Waals surface area contributed by atoms with Crippen LogP contribution in [0.25, 0.3) is 0 Å². The fourth-order valence-electron chi connectivity index (χ4n) is 1.92. The zero-order chi connectivity index (χ0) is 15.3. The van der Waals surface area contributed by atoms with Gasteiger partial charge in [0.25, 0.3) is 0 Å². The Morgan fingerprint density at radius 2 is 2.00 bits per heavy atom. The van der Waals surface area contributed by atoms with Gasteiger partial charge in [0.15, 0.2) is 0 Å². The first-order valence-corrected chi connectivity index (χ1v) is 8.23. The van der Waals surface area contributed by atoms with E-state index in [0.29, 0.717) is 6.42 Å². The molecule has 1 unspecified atom stereocenters. The van der Waals surface area contributed by atoms with Gasteiger partial charge in [-0.3, -0.25) is 4.90 Å². The summed E-state index contributed by atoms with van der Waals surface area (Å²) in [5.41, 5.74) is -0.606. The Morgan fingerprint density at radius 1 is 1.40 bits per heavy atom. The van der Waals surface area contributed by atoms with E-state index in [0.717, 1.165) is 24.3 Å². The number of hydrogen-bond acceptors (Lipinski definition) is 4. The van der Waals surface area contributed by atoms with E-state index in [1.54, 1.807) is 32.5 Å². The monoisotopic (exact) mass is 303 g/mol. The molecule has 0 bridgehead atoms. The smallest absolute Gasteiger partial charge is 0.411 e. The van der Waals surface area contributed by atoms with Crippen LogP contribution in [-0.2, 0) is 9.53 Å². The molecule has 1 atom stereocenters. The molecule has 6 heteroatoms. The molecule has 1 N–H and O–H groups in total. The molecule has 1 amide bonds. The average Bonchev–Trinajstić information content (AvgIpc) is 3.09. The summed E-state index contributed by atoms with van der Waals surface area (Å²) in [6, 6.07) is -0.756. The molecular weight excluding hydrogens is 278 g/mol. The van der Waals surface area contributed by atoms with Crippen molar-refractivity contribution in [1.82, 2.24) is 4.90 Å². The Balaban J connectivity index is 2.74. The van der Waals surface area contributed by atoms with Crippen molar-refractivity contribution in [1.29, 1.82) is 0 Å². The van der Waals surface area contributed by atoms with Crippen molar-refractivity contribution in [3.63, 3.8) is 0 Å². The van der Waals surface area contributed by atoms with Crippen LogP contribution in [0.15, 0.2) is 0 Å². The quantitative estimate of drug-likeness (QED) is 0.732. The molecule has 0 aromatic heterocycles. The van der Waals surface area contributed by atoms with Gasteiger partial charge in [-0.2, -0.15) is 11.8 Å². The second-order valence-corrected chi connectivity index (χ2v) is 7.35. The van der Waals surface area contributed by atoms with E-state index in [2.05, 4.69) is 0 Å². The summed E-state index contributed by atoms with van der Waals surface area (Å²) in [7, 11) is 0. The maximum absolute atomic E-state index is 12.3. The number of thioether (sulfide) groups is 1. The van der Waals surface area contributed by atoms with Gasteiger partial charge in [0.05, 0.1) is 0 Å². The molecule has 116 valence electrons. The minimum Gasteiger partial charge on any atom is -0.480 e. The third-order valence-electron chi connectivity index (χ3n) is 2.91. The normalized spacial score (nSPS) is 16.6. The fourth-order valence-corrected chi connectivity index (χ4v) is 2.60. The van der Waals surface area contributed by atoms with Gasteiger partial charge < -0.3 is 9.84 Å². The molecule has 0 saturated heterocycles. The molecule has 1 rings (SSSR count). The molecule has 0 aromatic rings. The van der Waals surface area contributed by atoms with Gasteiger partial charge in [-0.1, -0.05) is 6.92 Å². The Kier molecular flexibility index (Phi) is 6.17. The van der Waals surface area contributed by atoms with Crippen LogP contribution >= 0.6 is 11.8 Å². The molecule has 0 radical (unpaired) electrons. The number of hydrogen-bond donors (Lipinski definition) is 1. The van der Waals surface area contributed by atoms with Crippen LogP contribution in [0.3, 0.4) is 0 Å². The Hall–Kier alpha value is -0.910. The van der Waals surface area contributed by atoms with Crippen LogP contribution in [0.1, 0.15) is 47.0 Å². The lowest BCUT2D eigenvalue weighted by atomic mass is 10.2. The van der Waals surface area contributed by atoms with E-state index in [1.165, 1.54) is 4.90 Å².